The van der Waals surface area contributed by atoms with Gasteiger partial charge in [0.15, 0.2) is 0 Å². The number of ether oxygens (including phenoxy) is 1. The minimum absolute atomic E-state index is 0.0400. The first-order valence-electron chi connectivity index (χ1n) is 8.05. The zero-order chi connectivity index (χ0) is 16.2. The highest BCUT2D eigenvalue weighted by atomic mass is 16.5. The number of terminal acetylenes is 1. The van der Waals surface area contributed by atoms with Gasteiger partial charge >= 0.3 is 0 Å². The molecular formula is C19H22N2O2. The van der Waals surface area contributed by atoms with Crippen LogP contribution in [-0.4, -0.2) is 30.9 Å². The third-order valence-electron chi connectivity index (χ3n) is 4.63. The fourth-order valence-corrected chi connectivity index (χ4v) is 3.28. The van der Waals surface area contributed by atoms with Gasteiger partial charge in [-0.3, -0.25) is 4.79 Å². The molecule has 4 heteroatoms. The third kappa shape index (κ3) is 3.25. The van der Waals surface area contributed by atoms with Crippen molar-refractivity contribution >= 4 is 16.6 Å². The molecule has 23 heavy (non-hydrogen) atoms. The lowest BCUT2D eigenvalue weighted by Crippen LogP contribution is -2.36. The first kappa shape index (κ1) is 15.6. The molecule has 0 amide bonds. The molecule has 0 spiro atoms. The van der Waals surface area contributed by atoms with Crippen molar-refractivity contribution in [1.82, 2.24) is 4.57 Å². The molecule has 1 saturated heterocycles. The van der Waals surface area contributed by atoms with E-state index in [-0.39, 0.29) is 5.56 Å². The van der Waals surface area contributed by atoms with E-state index in [1.165, 1.54) is 0 Å². The second-order valence-electron chi connectivity index (χ2n) is 6.09. The Morgan fingerprint density at radius 2 is 2.04 bits per heavy atom. The predicted molar refractivity (Wildman–Crippen MR) is 93.8 cm³/mol. The van der Waals surface area contributed by atoms with Crippen LogP contribution in [0, 0.1) is 18.3 Å². The topological polar surface area (TPSA) is 34.5 Å². The molecule has 0 unspecified atom stereocenters. The van der Waals surface area contributed by atoms with E-state index in [0.717, 1.165) is 49.1 Å². The van der Waals surface area contributed by atoms with Gasteiger partial charge in [-0.2, -0.15) is 0 Å². The van der Waals surface area contributed by atoms with Crippen molar-refractivity contribution in [2.75, 3.05) is 31.2 Å². The number of aromatic nitrogens is 1. The third-order valence-corrected chi connectivity index (χ3v) is 4.63. The maximum atomic E-state index is 12.2. The SMILES string of the molecule is C#CCOCC1CCN(c2cc(=O)n(C)c3ccccc23)CC1. The monoisotopic (exact) mass is 310 g/mol. The van der Waals surface area contributed by atoms with Gasteiger partial charge in [0.25, 0.3) is 5.56 Å². The van der Waals surface area contributed by atoms with Crippen molar-refractivity contribution in [3.8, 4) is 12.3 Å². The molecule has 4 nitrogen and oxygen atoms in total. The van der Waals surface area contributed by atoms with Gasteiger partial charge in [-0.25, -0.2) is 0 Å². The van der Waals surface area contributed by atoms with Crippen LogP contribution in [0.2, 0.25) is 0 Å². The second kappa shape index (κ2) is 6.89. The molecule has 2 aromatic rings. The number of benzene rings is 1. The molecule has 1 aromatic heterocycles. The van der Waals surface area contributed by atoms with Crippen LogP contribution in [0.25, 0.3) is 10.9 Å². The molecule has 0 bridgehead atoms. The van der Waals surface area contributed by atoms with Crippen LogP contribution in [0.15, 0.2) is 35.1 Å². The van der Waals surface area contributed by atoms with E-state index in [9.17, 15) is 4.79 Å². The molecule has 1 fully saturated rings. The van der Waals surface area contributed by atoms with Crippen LogP contribution in [0.3, 0.4) is 0 Å². The van der Waals surface area contributed by atoms with Gasteiger partial charge in [0, 0.05) is 31.6 Å². The van der Waals surface area contributed by atoms with Gasteiger partial charge in [-0.1, -0.05) is 24.1 Å². The van der Waals surface area contributed by atoms with Crippen molar-refractivity contribution in [3.63, 3.8) is 0 Å². The molecule has 3 rings (SSSR count). The fourth-order valence-electron chi connectivity index (χ4n) is 3.28. The molecule has 0 saturated carbocycles. The van der Waals surface area contributed by atoms with E-state index in [1.54, 1.807) is 10.6 Å². The number of rotatable bonds is 4. The highest BCUT2D eigenvalue weighted by Crippen LogP contribution is 2.28. The van der Waals surface area contributed by atoms with Crippen molar-refractivity contribution in [3.05, 3.63) is 40.7 Å². The number of pyridine rings is 1. The summed E-state index contributed by atoms with van der Waals surface area (Å²) in [5.74, 6) is 3.06. The molecule has 1 aliphatic heterocycles. The summed E-state index contributed by atoms with van der Waals surface area (Å²) in [6, 6.07) is 9.85. The molecule has 0 N–H and O–H groups in total. The zero-order valence-corrected chi connectivity index (χ0v) is 13.5. The Morgan fingerprint density at radius 3 is 2.78 bits per heavy atom. The average Bonchev–Trinajstić information content (AvgIpc) is 2.59. The van der Waals surface area contributed by atoms with E-state index in [2.05, 4.69) is 16.9 Å². The van der Waals surface area contributed by atoms with Gasteiger partial charge in [-0.15, -0.1) is 6.42 Å². The number of para-hydroxylation sites is 1. The maximum absolute atomic E-state index is 12.2. The van der Waals surface area contributed by atoms with Gasteiger partial charge in [-0.05, 0) is 24.8 Å². The number of nitrogens with zero attached hydrogens (tertiary/aromatic N) is 2. The number of piperidine rings is 1. The number of hydrogen-bond donors (Lipinski definition) is 0. The van der Waals surface area contributed by atoms with Crippen LogP contribution < -0.4 is 10.5 Å². The number of fused-ring (bicyclic) bond motifs is 1. The van der Waals surface area contributed by atoms with Crippen molar-refractivity contribution in [1.29, 1.82) is 0 Å². The maximum Gasteiger partial charge on any atom is 0.252 e. The summed E-state index contributed by atoms with van der Waals surface area (Å²) < 4.78 is 7.17. The van der Waals surface area contributed by atoms with E-state index in [4.69, 9.17) is 11.2 Å². The van der Waals surface area contributed by atoms with Crippen molar-refractivity contribution in [2.45, 2.75) is 12.8 Å². The smallest absolute Gasteiger partial charge is 0.252 e. The Balaban J connectivity index is 1.79. The normalized spacial score (nSPS) is 15.7. The Labute approximate surface area is 136 Å². The Hall–Kier alpha value is -2.25. The molecule has 2 heterocycles. The van der Waals surface area contributed by atoms with Gasteiger partial charge in [0.2, 0.25) is 0 Å². The lowest BCUT2D eigenvalue weighted by Gasteiger charge is -2.34. The van der Waals surface area contributed by atoms with E-state index < -0.39 is 0 Å². The quantitative estimate of drug-likeness (QED) is 0.642. The highest BCUT2D eigenvalue weighted by Gasteiger charge is 2.21. The van der Waals surface area contributed by atoms with Gasteiger partial charge < -0.3 is 14.2 Å². The lowest BCUT2D eigenvalue weighted by molar-refractivity contribution is 0.115. The van der Waals surface area contributed by atoms with Crippen molar-refractivity contribution in [2.24, 2.45) is 13.0 Å². The second-order valence-corrected chi connectivity index (χ2v) is 6.09. The summed E-state index contributed by atoms with van der Waals surface area (Å²) in [6.45, 7) is 3.01. The van der Waals surface area contributed by atoms with Crippen LogP contribution in [0.5, 0.6) is 0 Å². The summed E-state index contributed by atoms with van der Waals surface area (Å²) in [5.41, 5.74) is 2.07. The first-order chi connectivity index (χ1) is 11.2. The van der Waals surface area contributed by atoms with Crippen LogP contribution in [-0.2, 0) is 11.8 Å². The van der Waals surface area contributed by atoms with E-state index in [0.29, 0.717) is 12.5 Å². The molecule has 0 aliphatic carbocycles. The zero-order valence-electron chi connectivity index (χ0n) is 13.5. The molecule has 0 radical (unpaired) electrons. The number of aryl methyl sites for hydroxylation is 1. The molecule has 120 valence electrons. The van der Waals surface area contributed by atoms with Crippen LogP contribution in [0.1, 0.15) is 12.8 Å². The van der Waals surface area contributed by atoms with Crippen LogP contribution in [0.4, 0.5) is 5.69 Å². The van der Waals surface area contributed by atoms with Crippen molar-refractivity contribution < 1.29 is 4.74 Å². The molecular weight excluding hydrogens is 288 g/mol. The van der Waals surface area contributed by atoms with Crippen LogP contribution >= 0.6 is 0 Å². The Kier molecular flexibility index (Phi) is 4.68. The summed E-state index contributed by atoms with van der Waals surface area (Å²) >= 11 is 0. The summed E-state index contributed by atoms with van der Waals surface area (Å²) in [5, 5.41) is 1.14. The summed E-state index contributed by atoms with van der Waals surface area (Å²) in [4.78, 5) is 14.6. The summed E-state index contributed by atoms with van der Waals surface area (Å²) in [6.07, 6.45) is 7.33. The number of hydrogen-bond acceptors (Lipinski definition) is 3. The molecule has 0 atom stereocenters. The fraction of sp³-hybridized carbons (Fsp3) is 0.421. The first-order valence-corrected chi connectivity index (χ1v) is 8.05. The van der Waals surface area contributed by atoms with Gasteiger partial charge in [0.1, 0.15) is 6.61 Å². The highest BCUT2D eigenvalue weighted by molar-refractivity contribution is 5.91. The molecule has 1 aromatic carbocycles. The Morgan fingerprint density at radius 1 is 1.30 bits per heavy atom. The number of anilines is 1. The lowest BCUT2D eigenvalue weighted by atomic mass is 9.97. The standard InChI is InChI=1S/C19H22N2O2/c1-3-12-23-14-15-8-10-21(11-9-15)18-13-19(22)20(2)17-7-5-4-6-16(17)18/h1,4-7,13,15H,8-12,14H2,2H3. The van der Waals surface area contributed by atoms with E-state index in [1.807, 2.05) is 25.2 Å². The van der Waals surface area contributed by atoms with Gasteiger partial charge in [0.05, 0.1) is 17.8 Å². The minimum Gasteiger partial charge on any atom is -0.371 e. The summed E-state index contributed by atoms with van der Waals surface area (Å²) in [7, 11) is 1.82. The Bertz CT molecular complexity index is 780. The minimum atomic E-state index is 0.0400. The average molecular weight is 310 g/mol. The van der Waals surface area contributed by atoms with E-state index >= 15 is 0 Å². The predicted octanol–water partition coefficient (Wildman–Crippen LogP) is 2.40. The molecule has 1 aliphatic rings. The largest absolute Gasteiger partial charge is 0.371 e.